The highest BCUT2D eigenvalue weighted by Crippen LogP contribution is 1.87. The molecule has 0 radical (unpaired) electrons. The number of nitrogens with two attached hydrogens (primary N) is 1. The molecule has 18 heavy (non-hydrogen) atoms. The highest BCUT2D eigenvalue weighted by molar-refractivity contribution is 5.71. The first kappa shape index (κ1) is 12.4. The van der Waals surface area contributed by atoms with Crippen molar-refractivity contribution in [2.24, 2.45) is 10.7 Å². The Morgan fingerprint density at radius 2 is 2.39 bits per heavy atom. The Morgan fingerprint density at radius 1 is 1.61 bits per heavy atom. The molecule has 1 saturated heterocycles. The lowest BCUT2D eigenvalue weighted by Crippen LogP contribution is -2.63. The monoisotopic (exact) mass is 256 g/mol. The molecule has 9 nitrogen and oxygen atoms in total. The van der Waals surface area contributed by atoms with E-state index in [1.807, 2.05) is 5.01 Å². The van der Waals surface area contributed by atoms with Gasteiger partial charge in [0, 0.05) is 19.6 Å². The number of urea groups is 1. The minimum atomic E-state index is -0.564. The van der Waals surface area contributed by atoms with Gasteiger partial charge >= 0.3 is 6.03 Å². The maximum Gasteiger partial charge on any atom is 0.312 e. The Morgan fingerprint density at radius 3 is 3.11 bits per heavy atom. The molecule has 9 heteroatoms. The highest BCUT2D eigenvalue weighted by Gasteiger charge is 2.12. The van der Waals surface area contributed by atoms with Gasteiger partial charge in [-0.25, -0.2) is 9.79 Å². The molecule has 100 valence electrons. The van der Waals surface area contributed by atoms with Gasteiger partial charge in [0.2, 0.25) is 0 Å². The zero-order valence-corrected chi connectivity index (χ0v) is 9.91. The van der Waals surface area contributed by atoms with E-state index in [4.69, 9.17) is 15.0 Å². The number of aromatic nitrogens is 2. The van der Waals surface area contributed by atoms with Gasteiger partial charge in [0.1, 0.15) is 0 Å². The summed E-state index contributed by atoms with van der Waals surface area (Å²) in [5.74, 6) is 0. The summed E-state index contributed by atoms with van der Waals surface area (Å²) in [4.78, 5) is 16.2. The Bertz CT molecular complexity index is 447. The van der Waals surface area contributed by atoms with Gasteiger partial charge in [-0.1, -0.05) is 4.79 Å². The second-order valence-electron chi connectivity index (χ2n) is 3.70. The molecule has 0 saturated carbocycles. The minimum absolute atomic E-state index is 0.369. The van der Waals surface area contributed by atoms with Crippen molar-refractivity contribution in [1.82, 2.24) is 10.6 Å². The standard InChI is InChI=1S/C9H16N6O3/c10-9(16)12-2-1-11-8-7-15(13-18-8)14-3-5-17-6-4-14/h7H,1-6H2,(H3,10,12,16). The number of carbonyl (C=O) groups excluding carboxylic acids is 1. The third-order valence-corrected chi connectivity index (χ3v) is 2.40. The van der Waals surface area contributed by atoms with E-state index in [1.54, 1.807) is 11.0 Å². The summed E-state index contributed by atoms with van der Waals surface area (Å²) >= 11 is 0. The van der Waals surface area contributed by atoms with Crippen molar-refractivity contribution >= 4 is 6.03 Å². The Balaban J connectivity index is 1.88. The fourth-order valence-electron chi connectivity index (χ4n) is 1.54. The number of hydrogen-bond donors (Lipinski definition) is 2. The van der Waals surface area contributed by atoms with Crippen LogP contribution in [0.4, 0.5) is 4.79 Å². The van der Waals surface area contributed by atoms with E-state index < -0.39 is 6.03 Å². The minimum Gasteiger partial charge on any atom is -0.381 e. The number of nitrogens with zero attached hydrogens (tertiary/aromatic N) is 4. The molecule has 0 spiro atoms. The predicted octanol–water partition coefficient (Wildman–Crippen LogP) is -2.94. The number of nitrogens with one attached hydrogen (secondary N) is 1. The normalized spacial score (nSPS) is 16.9. The van der Waals surface area contributed by atoms with Crippen LogP contribution in [0.25, 0.3) is 0 Å². The fraction of sp³-hybridized carbons (Fsp3) is 0.667. The van der Waals surface area contributed by atoms with Crippen molar-refractivity contribution in [2.75, 3.05) is 44.4 Å². The number of primary amides is 1. The van der Waals surface area contributed by atoms with Crippen LogP contribution in [-0.4, -0.2) is 45.4 Å². The predicted molar refractivity (Wildman–Crippen MR) is 59.0 cm³/mol. The Labute approximate surface area is 103 Å². The molecule has 1 aliphatic rings. The number of amides is 2. The maximum atomic E-state index is 10.4. The van der Waals surface area contributed by atoms with Crippen LogP contribution in [0.5, 0.6) is 0 Å². The van der Waals surface area contributed by atoms with Crippen LogP contribution in [-0.2, 0) is 4.74 Å². The summed E-state index contributed by atoms with van der Waals surface area (Å²) < 4.78 is 10.3. The third-order valence-electron chi connectivity index (χ3n) is 2.40. The van der Waals surface area contributed by atoms with E-state index in [2.05, 4.69) is 15.6 Å². The zero-order valence-electron chi connectivity index (χ0n) is 9.91. The van der Waals surface area contributed by atoms with Gasteiger partial charge in [-0.15, -0.1) is 0 Å². The number of rotatable bonds is 4. The molecule has 1 fully saturated rings. The number of hydrogen-bond acceptors (Lipinski definition) is 5. The molecule has 2 heterocycles. The summed E-state index contributed by atoms with van der Waals surface area (Å²) in [5.41, 5.74) is 5.33. The Hall–Kier alpha value is -2.03. The third kappa shape index (κ3) is 3.48. The van der Waals surface area contributed by atoms with Crippen LogP contribution >= 0.6 is 0 Å². The van der Waals surface area contributed by atoms with Gasteiger partial charge in [-0.2, -0.15) is 0 Å². The van der Waals surface area contributed by atoms with E-state index in [0.29, 0.717) is 31.9 Å². The molecule has 0 aliphatic carbocycles. The highest BCUT2D eigenvalue weighted by atomic mass is 16.5. The van der Waals surface area contributed by atoms with E-state index in [9.17, 15) is 4.79 Å². The topological polar surface area (TPSA) is 111 Å². The molecular formula is C9H16N6O3. The average molecular weight is 256 g/mol. The van der Waals surface area contributed by atoms with Crippen LogP contribution in [0.2, 0.25) is 0 Å². The number of morpholine rings is 1. The summed E-state index contributed by atoms with van der Waals surface area (Å²) in [7, 11) is 0. The zero-order chi connectivity index (χ0) is 12.8. The van der Waals surface area contributed by atoms with Crippen molar-refractivity contribution < 1.29 is 18.8 Å². The molecular weight excluding hydrogens is 240 g/mol. The average Bonchev–Trinajstić information content (AvgIpc) is 2.84. The SMILES string of the molecule is NC(=O)NCCN=c1c[n+](N2CCOCC2)[n-]o1. The van der Waals surface area contributed by atoms with Gasteiger partial charge in [-0.3, -0.25) is 5.01 Å². The van der Waals surface area contributed by atoms with Crippen LogP contribution in [0, 0.1) is 0 Å². The van der Waals surface area contributed by atoms with E-state index in [-0.39, 0.29) is 0 Å². The van der Waals surface area contributed by atoms with Gasteiger partial charge in [-0.05, 0) is 5.27 Å². The summed E-state index contributed by atoms with van der Waals surface area (Å²) in [5, 5.41) is 8.29. The van der Waals surface area contributed by atoms with Crippen molar-refractivity contribution in [3.05, 3.63) is 11.8 Å². The van der Waals surface area contributed by atoms with Crippen molar-refractivity contribution in [2.45, 2.75) is 0 Å². The van der Waals surface area contributed by atoms with E-state index in [1.165, 1.54) is 0 Å². The van der Waals surface area contributed by atoms with Gasteiger partial charge in [0.15, 0.2) is 0 Å². The summed E-state index contributed by atoms with van der Waals surface area (Å²) in [6, 6.07) is -0.564. The van der Waals surface area contributed by atoms with Gasteiger partial charge in [0.25, 0.3) is 11.8 Å². The first-order chi connectivity index (χ1) is 8.75. The molecule has 3 N–H and O–H groups in total. The summed E-state index contributed by atoms with van der Waals surface area (Å²) in [6.07, 6.45) is 1.69. The van der Waals surface area contributed by atoms with Crippen molar-refractivity contribution in [3.63, 3.8) is 0 Å². The van der Waals surface area contributed by atoms with Crippen LogP contribution in [0.1, 0.15) is 0 Å². The molecule has 2 rings (SSSR count). The van der Waals surface area contributed by atoms with Crippen LogP contribution in [0.3, 0.4) is 0 Å². The Kier molecular flexibility index (Phi) is 4.18. The molecule has 1 aliphatic heterocycles. The molecule has 0 atom stereocenters. The van der Waals surface area contributed by atoms with Crippen LogP contribution in [0.15, 0.2) is 15.7 Å². The number of carbonyl (C=O) groups is 1. The summed E-state index contributed by atoms with van der Waals surface area (Å²) in [6.45, 7) is 3.64. The molecule has 0 bridgehead atoms. The lowest BCUT2D eigenvalue weighted by atomic mass is 10.5. The van der Waals surface area contributed by atoms with E-state index >= 15 is 0 Å². The van der Waals surface area contributed by atoms with Crippen molar-refractivity contribution in [3.8, 4) is 0 Å². The molecule has 0 aromatic carbocycles. The largest absolute Gasteiger partial charge is 0.381 e. The smallest absolute Gasteiger partial charge is 0.312 e. The molecule has 1 aromatic rings. The van der Waals surface area contributed by atoms with Gasteiger partial charge in [0.05, 0.1) is 19.8 Å². The molecule has 0 unspecified atom stereocenters. The lowest BCUT2D eigenvalue weighted by molar-refractivity contribution is -0.765. The maximum absolute atomic E-state index is 10.4. The molecule has 2 amide bonds. The first-order valence-corrected chi connectivity index (χ1v) is 5.68. The van der Waals surface area contributed by atoms with Gasteiger partial charge < -0.3 is 20.3 Å². The van der Waals surface area contributed by atoms with Crippen molar-refractivity contribution in [1.29, 1.82) is 0 Å². The fourth-order valence-corrected chi connectivity index (χ4v) is 1.54. The van der Waals surface area contributed by atoms with Crippen LogP contribution < -0.4 is 31.7 Å². The number of ether oxygens (including phenoxy) is 1. The van der Waals surface area contributed by atoms with E-state index in [0.717, 1.165) is 13.1 Å². The quantitative estimate of drug-likeness (QED) is 0.442. The second kappa shape index (κ2) is 6.05. The second-order valence-corrected chi connectivity index (χ2v) is 3.70. The molecule has 1 aromatic heterocycles. The lowest BCUT2D eigenvalue weighted by Gasteiger charge is -2.26. The first-order valence-electron chi connectivity index (χ1n) is 5.68.